The minimum atomic E-state index is -0.240. The van der Waals surface area contributed by atoms with E-state index >= 15 is 0 Å². The number of ether oxygens (including phenoxy) is 1. The lowest BCUT2D eigenvalue weighted by Crippen LogP contribution is -2.12. The van der Waals surface area contributed by atoms with E-state index in [-0.39, 0.29) is 13.2 Å². The number of benzene rings is 1. The summed E-state index contributed by atoms with van der Waals surface area (Å²) in [6.07, 6.45) is 5.09. The van der Waals surface area contributed by atoms with Crippen LogP contribution < -0.4 is 10.5 Å². The average Bonchev–Trinajstić information content (AvgIpc) is 3.15. The van der Waals surface area contributed by atoms with Crippen LogP contribution in [-0.4, -0.2) is 45.2 Å². The zero-order chi connectivity index (χ0) is 24.6. The summed E-state index contributed by atoms with van der Waals surface area (Å²) >= 11 is 1.79. The molecule has 1 atom stereocenters. The summed E-state index contributed by atoms with van der Waals surface area (Å²) in [5, 5.41) is 15.5. The molecule has 4 aromatic rings. The molecule has 8 nitrogen and oxygen atoms in total. The molecule has 174 valence electrons. The Labute approximate surface area is 204 Å². The number of aryl methyl sites for hydroxylation is 2. The summed E-state index contributed by atoms with van der Waals surface area (Å²) in [4.78, 5) is 14.1. The highest BCUT2D eigenvalue weighted by atomic mass is 32.7. The Balaban J connectivity index is 1.96. The minimum Gasteiger partial charge on any atom is -0.496 e. The quantitative estimate of drug-likeness (QED) is 0.360. The normalized spacial score (nSPS) is 12.2. The zero-order valence-corrected chi connectivity index (χ0v) is 21.7. The zero-order valence-electron chi connectivity index (χ0n) is 20.0. The molecule has 0 aliphatic carbocycles. The molecule has 3 aromatic heterocycles. The molecule has 0 spiro atoms. The highest BCUT2D eigenvalue weighted by Crippen LogP contribution is 2.49. The Morgan fingerprint density at radius 3 is 2.65 bits per heavy atom. The molecular formula is C24H26N7OPS. The number of nitrogen functional groups attached to an aromatic ring is 1. The lowest BCUT2D eigenvalue weighted by Gasteiger charge is -2.22. The van der Waals surface area contributed by atoms with Gasteiger partial charge in [-0.3, -0.25) is 4.98 Å². The highest BCUT2D eigenvalue weighted by Gasteiger charge is 2.26. The summed E-state index contributed by atoms with van der Waals surface area (Å²) in [6, 6.07) is 6.20. The fourth-order valence-corrected chi connectivity index (χ4v) is 6.44. The molecule has 34 heavy (non-hydrogen) atoms. The van der Waals surface area contributed by atoms with E-state index in [2.05, 4.69) is 40.4 Å². The third kappa shape index (κ3) is 4.20. The van der Waals surface area contributed by atoms with Gasteiger partial charge in [-0.1, -0.05) is 11.4 Å². The largest absolute Gasteiger partial charge is 0.496 e. The van der Waals surface area contributed by atoms with Gasteiger partial charge in [0.2, 0.25) is 0 Å². The van der Waals surface area contributed by atoms with Gasteiger partial charge in [0, 0.05) is 34.0 Å². The van der Waals surface area contributed by atoms with Gasteiger partial charge >= 0.3 is 0 Å². The van der Waals surface area contributed by atoms with Crippen LogP contribution in [0.1, 0.15) is 35.3 Å². The van der Waals surface area contributed by atoms with Gasteiger partial charge in [0.05, 0.1) is 29.8 Å². The smallest absolute Gasteiger partial charge is 0.164 e. The molecule has 2 N–H and O–H groups in total. The van der Waals surface area contributed by atoms with Gasteiger partial charge in [-0.25, -0.2) is 14.6 Å². The molecule has 3 heterocycles. The summed E-state index contributed by atoms with van der Waals surface area (Å²) in [5.41, 5.74) is 11.4. The molecular weight excluding hydrogens is 465 g/mol. The van der Waals surface area contributed by atoms with Crippen LogP contribution in [0.25, 0.3) is 22.2 Å². The Kier molecular flexibility index (Phi) is 6.74. The van der Waals surface area contributed by atoms with Crippen molar-refractivity contribution in [2.24, 2.45) is 0 Å². The molecule has 0 fully saturated rings. The number of nitrogens with two attached hydrogens (primary N) is 1. The number of anilines is 1. The van der Waals surface area contributed by atoms with Gasteiger partial charge in [-0.15, -0.1) is 0 Å². The monoisotopic (exact) mass is 491 g/mol. The van der Waals surface area contributed by atoms with Crippen molar-refractivity contribution >= 4 is 35.4 Å². The topological polar surface area (TPSA) is 116 Å². The van der Waals surface area contributed by atoms with Crippen LogP contribution in [0.5, 0.6) is 5.75 Å². The summed E-state index contributed by atoms with van der Waals surface area (Å²) in [5.74, 6) is 1.02. The van der Waals surface area contributed by atoms with Crippen molar-refractivity contribution < 1.29 is 4.74 Å². The third-order valence-corrected chi connectivity index (χ3v) is 8.15. The summed E-state index contributed by atoms with van der Waals surface area (Å²) in [6.45, 7) is 10.3. The Morgan fingerprint density at radius 1 is 1.21 bits per heavy atom. The van der Waals surface area contributed by atoms with Gasteiger partial charge in [0.15, 0.2) is 5.65 Å². The molecule has 10 heteroatoms. The van der Waals surface area contributed by atoms with E-state index in [1.807, 2.05) is 37.7 Å². The van der Waals surface area contributed by atoms with Crippen LogP contribution in [-0.2, 0) is 0 Å². The Hall–Kier alpha value is -3.21. The van der Waals surface area contributed by atoms with Crippen molar-refractivity contribution in [3.05, 3.63) is 53.2 Å². The van der Waals surface area contributed by atoms with E-state index in [0.717, 1.165) is 38.2 Å². The van der Waals surface area contributed by atoms with Crippen molar-refractivity contribution in [3.8, 4) is 22.9 Å². The van der Waals surface area contributed by atoms with E-state index in [4.69, 9.17) is 15.6 Å². The number of hydrogen-bond donors (Lipinski definition) is 1. The van der Waals surface area contributed by atoms with Crippen molar-refractivity contribution in [1.82, 2.24) is 24.7 Å². The summed E-state index contributed by atoms with van der Waals surface area (Å²) < 4.78 is 7.79. The van der Waals surface area contributed by atoms with E-state index in [9.17, 15) is 5.26 Å². The van der Waals surface area contributed by atoms with Crippen molar-refractivity contribution in [2.75, 3.05) is 26.2 Å². The average molecular weight is 492 g/mol. The molecule has 0 aliphatic heterocycles. The fourth-order valence-electron chi connectivity index (χ4n) is 4.16. The maximum absolute atomic E-state index is 10.0. The van der Waals surface area contributed by atoms with Gasteiger partial charge in [-0.2, -0.15) is 10.4 Å². The molecule has 0 bridgehead atoms. The van der Waals surface area contributed by atoms with Crippen LogP contribution in [0.4, 0.5) is 5.82 Å². The number of fused-ring (bicyclic) bond motifs is 1. The van der Waals surface area contributed by atoms with Crippen molar-refractivity contribution in [1.29, 1.82) is 5.26 Å². The number of rotatable bonds is 6. The first kappa shape index (κ1) is 23.9. The maximum atomic E-state index is 10.0. The number of methoxy groups -OCH3 is 1. The number of nitrogens with zero attached hydrogens (tertiary/aromatic N) is 6. The van der Waals surface area contributed by atoms with Gasteiger partial charge in [-0.05, 0) is 58.9 Å². The van der Waals surface area contributed by atoms with Crippen molar-refractivity contribution in [2.45, 2.75) is 31.7 Å². The first-order valence-corrected chi connectivity index (χ1v) is 14.3. The van der Waals surface area contributed by atoms with E-state index in [0.29, 0.717) is 22.8 Å². The number of hydrogen-bond acceptors (Lipinski definition) is 8. The molecule has 0 aliphatic rings. The molecule has 1 aromatic carbocycles. The molecule has 0 saturated carbocycles. The first-order chi connectivity index (χ1) is 16.3. The SMILES string of the molecule is COc1c(C(C)n2nc(C)c3c(N)ncnc32)cc(C)c(C#N)c1-c1cncc(SP(C)C)c1. The van der Waals surface area contributed by atoms with E-state index in [1.54, 1.807) is 24.7 Å². The van der Waals surface area contributed by atoms with E-state index < -0.39 is 0 Å². The maximum Gasteiger partial charge on any atom is 0.164 e. The van der Waals surface area contributed by atoms with Gasteiger partial charge in [0.1, 0.15) is 24.0 Å². The fraction of sp³-hybridized carbons (Fsp3) is 0.292. The highest BCUT2D eigenvalue weighted by molar-refractivity contribution is 8.55. The first-order valence-electron chi connectivity index (χ1n) is 10.6. The lowest BCUT2D eigenvalue weighted by molar-refractivity contribution is 0.402. The molecule has 0 saturated heterocycles. The molecule has 0 amide bonds. The lowest BCUT2D eigenvalue weighted by atomic mass is 9.91. The van der Waals surface area contributed by atoms with Gasteiger partial charge in [0.25, 0.3) is 0 Å². The molecule has 1 unspecified atom stereocenters. The predicted octanol–water partition coefficient (Wildman–Crippen LogP) is 5.33. The summed E-state index contributed by atoms with van der Waals surface area (Å²) in [7, 11) is 1.42. The Bertz CT molecular complexity index is 1430. The van der Waals surface area contributed by atoms with Crippen LogP contribution >= 0.6 is 18.5 Å². The molecule has 0 radical (unpaired) electrons. The van der Waals surface area contributed by atoms with Crippen LogP contribution in [0, 0.1) is 25.2 Å². The predicted molar refractivity (Wildman–Crippen MR) is 139 cm³/mol. The number of nitriles is 1. The number of pyridine rings is 1. The second kappa shape index (κ2) is 9.57. The minimum absolute atomic E-state index is 0.205. The van der Waals surface area contributed by atoms with Crippen LogP contribution in [0.2, 0.25) is 0 Å². The molecule has 4 rings (SSSR count). The van der Waals surface area contributed by atoms with Crippen LogP contribution in [0.15, 0.2) is 35.7 Å². The third-order valence-electron chi connectivity index (χ3n) is 5.62. The van der Waals surface area contributed by atoms with Crippen molar-refractivity contribution in [3.63, 3.8) is 0 Å². The number of aromatic nitrogens is 5. The Morgan fingerprint density at radius 2 is 1.97 bits per heavy atom. The second-order valence-electron chi connectivity index (χ2n) is 8.15. The van der Waals surface area contributed by atoms with E-state index in [1.165, 1.54) is 6.33 Å². The standard InChI is InChI=1S/C24H26N7OPS/c1-13-7-18(15(3)31-24-20(14(2)30-31)23(26)28-12-29-24)22(32-4)21(19(13)9-25)16-8-17(11-27-10-16)34-33(5)6/h7-8,10-12,15H,1-6H3,(H2,26,28,29). The van der Waals surface area contributed by atoms with Gasteiger partial charge < -0.3 is 10.5 Å². The van der Waals surface area contributed by atoms with Crippen LogP contribution in [0.3, 0.4) is 0 Å². The second-order valence-corrected chi connectivity index (χ2v) is 13.2.